The monoisotopic (exact) mass is 310 g/mol. The van der Waals surface area contributed by atoms with E-state index in [1.165, 1.54) is 0 Å². The van der Waals surface area contributed by atoms with Gasteiger partial charge in [0.1, 0.15) is 6.10 Å². The smallest absolute Gasteiger partial charge is 0.303 e. The predicted octanol–water partition coefficient (Wildman–Crippen LogP) is 5.13. The molecular formula is C18H30O4. The molecule has 0 bridgehead atoms. The molecule has 0 rings (SSSR count). The van der Waals surface area contributed by atoms with Crippen LogP contribution < -0.4 is 0 Å². The van der Waals surface area contributed by atoms with E-state index >= 15 is 0 Å². The fourth-order valence-corrected chi connectivity index (χ4v) is 1.99. The van der Waals surface area contributed by atoms with Crippen LogP contribution in [-0.4, -0.2) is 22.4 Å². The summed E-state index contributed by atoms with van der Waals surface area (Å²) in [5.74, 6) is -0.704. The van der Waals surface area contributed by atoms with Gasteiger partial charge < -0.3 is 5.11 Å². The van der Waals surface area contributed by atoms with Gasteiger partial charge >= 0.3 is 5.97 Å². The minimum Gasteiger partial charge on any atom is -0.481 e. The maximum absolute atomic E-state index is 10.3. The van der Waals surface area contributed by atoms with Crippen molar-refractivity contribution in [3.05, 3.63) is 36.5 Å². The molecular weight excluding hydrogens is 280 g/mol. The van der Waals surface area contributed by atoms with Crippen LogP contribution in [0.1, 0.15) is 64.7 Å². The third-order valence-electron chi connectivity index (χ3n) is 3.24. The first-order valence-electron chi connectivity index (χ1n) is 8.21. The van der Waals surface area contributed by atoms with E-state index in [-0.39, 0.29) is 12.5 Å². The van der Waals surface area contributed by atoms with Crippen LogP contribution in [0.5, 0.6) is 0 Å². The van der Waals surface area contributed by atoms with E-state index in [1.807, 2.05) is 30.4 Å². The first-order valence-corrected chi connectivity index (χ1v) is 8.21. The second kappa shape index (κ2) is 16.0. The van der Waals surface area contributed by atoms with Crippen LogP contribution in [0.4, 0.5) is 0 Å². The van der Waals surface area contributed by atoms with Crippen LogP contribution in [0.3, 0.4) is 0 Å². The lowest BCUT2D eigenvalue weighted by molar-refractivity contribution is -0.264. The van der Waals surface area contributed by atoms with E-state index in [1.54, 1.807) is 0 Å². The Hall–Kier alpha value is -1.39. The van der Waals surface area contributed by atoms with Crippen molar-refractivity contribution in [3.8, 4) is 0 Å². The number of rotatable bonds is 14. The number of carboxylic acid groups (broad SMARTS) is 1. The molecule has 126 valence electrons. The Morgan fingerprint density at radius 2 is 1.77 bits per heavy atom. The fourth-order valence-electron chi connectivity index (χ4n) is 1.99. The highest BCUT2D eigenvalue weighted by atomic mass is 17.1. The maximum atomic E-state index is 10.3. The number of allylic oxidation sites excluding steroid dienone is 4. The van der Waals surface area contributed by atoms with Crippen molar-refractivity contribution < 1.29 is 20.0 Å². The molecule has 0 heterocycles. The molecule has 0 aliphatic carbocycles. The third-order valence-corrected chi connectivity index (χ3v) is 3.24. The summed E-state index contributed by atoms with van der Waals surface area (Å²) >= 11 is 0. The molecule has 4 nitrogen and oxygen atoms in total. The summed E-state index contributed by atoms with van der Waals surface area (Å²) in [5.41, 5.74) is 0. The topological polar surface area (TPSA) is 66.8 Å². The van der Waals surface area contributed by atoms with Crippen LogP contribution in [-0.2, 0) is 9.68 Å². The van der Waals surface area contributed by atoms with Crippen LogP contribution in [0.2, 0.25) is 0 Å². The summed E-state index contributed by atoms with van der Waals surface area (Å²) in [6.45, 7) is 2.07. The Morgan fingerprint density at radius 1 is 1.05 bits per heavy atom. The molecule has 0 spiro atoms. The molecule has 1 atom stereocenters. The number of unbranched alkanes of at least 4 members (excludes halogenated alkanes) is 5. The molecule has 0 fully saturated rings. The predicted molar refractivity (Wildman–Crippen MR) is 89.8 cm³/mol. The normalized spacial score (nSPS) is 13.5. The lowest BCUT2D eigenvalue weighted by atomic mass is 10.1. The van der Waals surface area contributed by atoms with E-state index in [9.17, 15) is 4.79 Å². The zero-order valence-electron chi connectivity index (χ0n) is 13.6. The van der Waals surface area contributed by atoms with Gasteiger partial charge in [-0.25, -0.2) is 4.89 Å². The lowest BCUT2D eigenvalue weighted by Gasteiger charge is -2.03. The molecule has 2 N–H and O–H groups in total. The van der Waals surface area contributed by atoms with Gasteiger partial charge in [-0.1, -0.05) is 62.6 Å². The number of hydrogen-bond acceptors (Lipinski definition) is 3. The minimum atomic E-state index is -0.704. The van der Waals surface area contributed by atoms with Crippen molar-refractivity contribution in [1.82, 2.24) is 0 Å². The average Bonchev–Trinajstić information content (AvgIpc) is 2.50. The van der Waals surface area contributed by atoms with Crippen LogP contribution in [0, 0.1) is 0 Å². The molecule has 0 amide bonds. The van der Waals surface area contributed by atoms with Crippen LogP contribution in [0.25, 0.3) is 0 Å². The summed E-state index contributed by atoms with van der Waals surface area (Å²) < 4.78 is 0. The van der Waals surface area contributed by atoms with Gasteiger partial charge in [0.05, 0.1) is 0 Å². The second-order valence-corrected chi connectivity index (χ2v) is 5.27. The first kappa shape index (κ1) is 20.6. The van der Waals surface area contributed by atoms with Gasteiger partial charge in [0.2, 0.25) is 0 Å². The first-order chi connectivity index (χ1) is 10.7. The summed E-state index contributed by atoms with van der Waals surface area (Å²) in [7, 11) is 0. The highest BCUT2D eigenvalue weighted by Crippen LogP contribution is 2.08. The number of hydrogen-bond donors (Lipinski definition) is 2. The van der Waals surface area contributed by atoms with Crippen molar-refractivity contribution in [1.29, 1.82) is 0 Å². The largest absolute Gasteiger partial charge is 0.481 e. The minimum absolute atomic E-state index is 0.284. The van der Waals surface area contributed by atoms with Gasteiger partial charge in [-0.15, -0.1) is 0 Å². The summed E-state index contributed by atoms with van der Waals surface area (Å²) in [4.78, 5) is 14.7. The van der Waals surface area contributed by atoms with Crippen molar-refractivity contribution in [2.24, 2.45) is 0 Å². The Kier molecular flexibility index (Phi) is 15.0. The van der Waals surface area contributed by atoms with Crippen LogP contribution >= 0.6 is 0 Å². The molecule has 0 saturated carbocycles. The number of carboxylic acids is 1. The number of carbonyl (C=O) groups is 1. The quantitative estimate of drug-likeness (QED) is 0.153. The Morgan fingerprint density at radius 3 is 2.45 bits per heavy atom. The van der Waals surface area contributed by atoms with Gasteiger partial charge in [0.15, 0.2) is 0 Å². The molecule has 0 unspecified atom stereocenters. The molecule has 22 heavy (non-hydrogen) atoms. The fraction of sp³-hybridized carbons (Fsp3) is 0.611. The van der Waals surface area contributed by atoms with E-state index in [0.29, 0.717) is 6.42 Å². The Balaban J connectivity index is 3.57. The highest BCUT2D eigenvalue weighted by Gasteiger charge is 1.99. The Bertz CT molecular complexity index is 345. The second-order valence-electron chi connectivity index (χ2n) is 5.27. The molecule has 0 aromatic heterocycles. The molecule has 0 aliphatic rings. The van der Waals surface area contributed by atoms with Crippen LogP contribution in [0.15, 0.2) is 36.5 Å². The average molecular weight is 310 g/mol. The maximum Gasteiger partial charge on any atom is 0.303 e. The van der Waals surface area contributed by atoms with Gasteiger partial charge in [-0.05, 0) is 32.1 Å². The molecule has 0 aliphatic heterocycles. The molecule has 0 aromatic carbocycles. The molecule has 0 aromatic rings. The molecule has 0 radical (unpaired) electrons. The summed E-state index contributed by atoms with van der Waals surface area (Å²) in [5, 5.41) is 17.3. The van der Waals surface area contributed by atoms with Crippen molar-refractivity contribution in [2.75, 3.05) is 0 Å². The van der Waals surface area contributed by atoms with Gasteiger partial charge in [0, 0.05) is 6.42 Å². The van der Waals surface area contributed by atoms with Gasteiger partial charge in [-0.2, -0.15) is 0 Å². The van der Waals surface area contributed by atoms with Gasteiger partial charge in [-0.3, -0.25) is 10.1 Å². The number of aliphatic carboxylic acids is 1. The van der Waals surface area contributed by atoms with Crippen molar-refractivity contribution in [3.63, 3.8) is 0 Å². The van der Waals surface area contributed by atoms with Crippen molar-refractivity contribution >= 4 is 5.97 Å². The van der Waals surface area contributed by atoms with Gasteiger partial charge in [0.25, 0.3) is 0 Å². The Labute approximate surface area is 134 Å². The van der Waals surface area contributed by atoms with E-state index < -0.39 is 5.97 Å². The summed E-state index contributed by atoms with van der Waals surface area (Å²) in [6.07, 6.45) is 19.7. The molecule has 4 heteroatoms. The highest BCUT2D eigenvalue weighted by molar-refractivity contribution is 5.66. The lowest BCUT2D eigenvalue weighted by Crippen LogP contribution is -2.04. The van der Waals surface area contributed by atoms with E-state index in [2.05, 4.69) is 17.9 Å². The zero-order valence-corrected chi connectivity index (χ0v) is 13.6. The van der Waals surface area contributed by atoms with E-state index in [4.69, 9.17) is 10.4 Å². The summed E-state index contributed by atoms with van der Waals surface area (Å²) in [6, 6.07) is 0. The van der Waals surface area contributed by atoms with E-state index in [0.717, 1.165) is 44.9 Å². The SMILES string of the molecule is CCC=CC[C@@H](C=C/C=C\CCCCCCCC(=O)O)OO. The van der Waals surface area contributed by atoms with Crippen molar-refractivity contribution in [2.45, 2.75) is 70.8 Å². The zero-order chi connectivity index (χ0) is 16.5. The molecule has 0 saturated heterocycles. The third kappa shape index (κ3) is 15.0. The standard InChI is InChI=1S/C18H30O4/c1-2-3-11-14-17(22-21)15-12-9-7-5-4-6-8-10-13-16-18(19)20/h3,7,9,11-12,15,17,21H,2,4-6,8,10,13-14,16H2,1H3,(H,19,20)/b9-7-,11-3?,15-12?/t17-/m0/s1.